The highest BCUT2D eigenvalue weighted by atomic mass is 32.2. The maximum absolute atomic E-state index is 15.6. The lowest BCUT2D eigenvalue weighted by molar-refractivity contribution is 0.167. The Hall–Kier alpha value is -3.54. The molecule has 1 aliphatic rings. The average molecular weight is 517 g/mol. The maximum atomic E-state index is 15.6. The van der Waals surface area contributed by atoms with Crippen LogP contribution in [0.4, 0.5) is 14.9 Å². The lowest BCUT2D eigenvalue weighted by atomic mass is 10.0. The second kappa shape index (κ2) is 10.2. The zero-order valence-corrected chi connectivity index (χ0v) is 21.4. The van der Waals surface area contributed by atoms with Crippen molar-refractivity contribution in [1.29, 1.82) is 0 Å². The number of alkyl carbamates (subject to hydrolysis) is 1. The molecule has 36 heavy (non-hydrogen) atoms. The molecule has 2 heterocycles. The number of methoxy groups -OCH3 is 1. The molecule has 10 nitrogen and oxygen atoms in total. The summed E-state index contributed by atoms with van der Waals surface area (Å²) in [5, 5.41) is 2.71. The number of benzene rings is 1. The molecule has 0 bridgehead atoms. The molecule has 1 aromatic carbocycles. The van der Waals surface area contributed by atoms with Crippen molar-refractivity contribution in [3.8, 4) is 22.6 Å². The van der Waals surface area contributed by atoms with E-state index in [1.54, 1.807) is 25.3 Å². The first-order valence-electron chi connectivity index (χ1n) is 11.6. The number of ether oxygens (including phenoxy) is 1. The zero-order chi connectivity index (χ0) is 26.0. The molecule has 4 rings (SSSR count). The highest BCUT2D eigenvalue weighted by Crippen LogP contribution is 2.42. The number of nitrogens with one attached hydrogen (secondary N) is 3. The molecular weight excluding hydrogens is 487 g/mol. The largest absolute Gasteiger partial charge is 0.453 e. The number of sulfonamides is 1. The number of carbonyl (C=O) groups is 1. The maximum Gasteiger partial charge on any atom is 0.407 e. The van der Waals surface area contributed by atoms with Gasteiger partial charge in [-0.2, -0.15) is 0 Å². The van der Waals surface area contributed by atoms with Crippen LogP contribution in [0.5, 0.6) is 0 Å². The van der Waals surface area contributed by atoms with Gasteiger partial charge >= 0.3 is 6.09 Å². The fourth-order valence-electron chi connectivity index (χ4n) is 3.87. The Morgan fingerprint density at radius 2 is 2.06 bits per heavy atom. The minimum atomic E-state index is -3.68. The Morgan fingerprint density at radius 1 is 1.31 bits per heavy atom. The first kappa shape index (κ1) is 25.5. The van der Waals surface area contributed by atoms with Crippen molar-refractivity contribution in [1.82, 2.24) is 25.3 Å². The van der Waals surface area contributed by atoms with E-state index in [9.17, 15) is 13.2 Å². The first-order chi connectivity index (χ1) is 17.0. The van der Waals surface area contributed by atoms with Gasteiger partial charge < -0.3 is 15.0 Å². The molecule has 3 N–H and O–H groups in total. The van der Waals surface area contributed by atoms with E-state index in [1.807, 2.05) is 6.92 Å². The van der Waals surface area contributed by atoms with Crippen molar-refractivity contribution in [2.45, 2.75) is 51.5 Å². The van der Waals surface area contributed by atoms with Crippen LogP contribution in [0.3, 0.4) is 0 Å². The lowest BCUT2D eigenvalue weighted by Gasteiger charge is -2.13. The number of hydrogen-bond acceptors (Lipinski definition) is 7. The molecule has 192 valence electrons. The predicted octanol–water partition coefficient (Wildman–Crippen LogP) is 3.91. The molecule has 1 aliphatic carbocycles. The number of halogens is 1. The molecule has 1 atom stereocenters. The van der Waals surface area contributed by atoms with Gasteiger partial charge in [0.25, 0.3) is 0 Å². The summed E-state index contributed by atoms with van der Waals surface area (Å²) < 4.78 is 46.0. The van der Waals surface area contributed by atoms with Crippen LogP contribution in [0.1, 0.15) is 49.3 Å². The molecule has 0 radical (unpaired) electrons. The number of amides is 1. The highest BCUT2D eigenvalue weighted by Gasteiger charge is 2.30. The molecule has 1 saturated carbocycles. The number of anilines is 1. The van der Waals surface area contributed by atoms with Crippen LogP contribution in [-0.4, -0.2) is 53.9 Å². The molecule has 1 fully saturated rings. The number of nitrogens with zero attached hydrogens (tertiary/aromatic N) is 3. The smallest absolute Gasteiger partial charge is 0.407 e. The molecule has 1 amide bonds. The minimum absolute atomic E-state index is 0.134. The van der Waals surface area contributed by atoms with E-state index < -0.39 is 21.9 Å². The van der Waals surface area contributed by atoms with Gasteiger partial charge in [-0.3, -0.25) is 4.72 Å². The highest BCUT2D eigenvalue weighted by molar-refractivity contribution is 7.92. The van der Waals surface area contributed by atoms with Crippen LogP contribution in [-0.2, 0) is 21.2 Å². The number of aryl methyl sites for hydroxylation is 2. The van der Waals surface area contributed by atoms with Crippen molar-refractivity contribution in [2.24, 2.45) is 0 Å². The van der Waals surface area contributed by atoms with Gasteiger partial charge in [-0.1, -0.05) is 0 Å². The van der Waals surface area contributed by atoms with Crippen LogP contribution in [0, 0.1) is 12.7 Å². The van der Waals surface area contributed by atoms with Gasteiger partial charge in [-0.25, -0.2) is 32.6 Å². The summed E-state index contributed by atoms with van der Waals surface area (Å²) in [6.07, 6.45) is 5.17. The molecule has 0 spiro atoms. The quantitative estimate of drug-likeness (QED) is 0.392. The summed E-state index contributed by atoms with van der Waals surface area (Å²) in [5.74, 6) is 0.863. The summed E-state index contributed by atoms with van der Waals surface area (Å²) in [7, 11) is -2.37. The SMILES string of the molecule is COC(=O)N[C@@H](C)CCc1nccc(-c2[nH]c(C3CC3)nc2-c2cc(C)cc(NS(C)(=O)=O)c2F)n1. The number of imidazole rings is 1. The monoisotopic (exact) mass is 516 g/mol. The lowest BCUT2D eigenvalue weighted by Crippen LogP contribution is -2.32. The predicted molar refractivity (Wildman–Crippen MR) is 134 cm³/mol. The normalized spacial score (nSPS) is 14.4. The van der Waals surface area contributed by atoms with Gasteiger partial charge in [0.15, 0.2) is 5.82 Å². The molecule has 0 unspecified atom stereocenters. The van der Waals surface area contributed by atoms with Crippen LogP contribution in [0.2, 0.25) is 0 Å². The molecule has 3 aromatic rings. The Morgan fingerprint density at radius 3 is 2.72 bits per heavy atom. The fourth-order valence-corrected chi connectivity index (χ4v) is 4.42. The van der Waals surface area contributed by atoms with E-state index in [2.05, 4.69) is 29.7 Å². The van der Waals surface area contributed by atoms with Gasteiger partial charge in [-0.15, -0.1) is 0 Å². The van der Waals surface area contributed by atoms with Crippen LogP contribution >= 0.6 is 0 Å². The summed E-state index contributed by atoms with van der Waals surface area (Å²) in [5.41, 5.74) is 2.16. The minimum Gasteiger partial charge on any atom is -0.453 e. The van der Waals surface area contributed by atoms with Gasteiger partial charge in [0, 0.05) is 30.1 Å². The van der Waals surface area contributed by atoms with Gasteiger partial charge in [-0.05, 0) is 56.9 Å². The van der Waals surface area contributed by atoms with E-state index >= 15 is 4.39 Å². The Bertz CT molecular complexity index is 1390. The van der Waals surface area contributed by atoms with Crippen molar-refractivity contribution in [3.05, 3.63) is 47.4 Å². The number of rotatable bonds is 9. The van der Waals surface area contributed by atoms with Crippen LogP contribution in [0.15, 0.2) is 24.4 Å². The van der Waals surface area contributed by atoms with Gasteiger partial charge in [0.05, 0.1) is 30.4 Å². The zero-order valence-electron chi connectivity index (χ0n) is 20.6. The van der Waals surface area contributed by atoms with Gasteiger partial charge in [0.2, 0.25) is 10.0 Å². The molecule has 2 aromatic heterocycles. The standard InChI is InChI=1S/C24H29FN6O4S/c1-13-11-16(20(25)18(12-13)31-36(4,33)34)21-22(30-23(29-21)15-6-7-15)17-9-10-26-19(28-17)8-5-14(2)27-24(32)35-3/h9-12,14-15,31H,5-8H2,1-4H3,(H,27,32)(H,29,30)/t14-/m0/s1. The second-order valence-corrected chi connectivity index (χ2v) is 10.9. The van der Waals surface area contributed by atoms with Crippen molar-refractivity contribution in [3.63, 3.8) is 0 Å². The topological polar surface area (TPSA) is 139 Å². The third-order valence-corrected chi connectivity index (χ3v) is 6.36. The third-order valence-electron chi connectivity index (χ3n) is 5.77. The van der Waals surface area contributed by atoms with E-state index in [0.29, 0.717) is 41.3 Å². The number of H-pyrrole nitrogens is 1. The number of aromatic amines is 1. The summed E-state index contributed by atoms with van der Waals surface area (Å²) in [6.45, 7) is 3.62. The summed E-state index contributed by atoms with van der Waals surface area (Å²) >= 11 is 0. The third kappa shape index (κ3) is 6.17. The van der Waals surface area contributed by atoms with Crippen molar-refractivity contribution >= 4 is 21.8 Å². The Kier molecular flexibility index (Phi) is 7.25. The summed E-state index contributed by atoms with van der Waals surface area (Å²) in [6, 6.07) is 4.66. The fraction of sp³-hybridized carbons (Fsp3) is 0.417. The molecular formula is C24H29FN6O4S. The Balaban J connectivity index is 1.70. The second-order valence-electron chi connectivity index (χ2n) is 9.10. The average Bonchev–Trinajstić information content (AvgIpc) is 3.57. The van der Waals surface area contributed by atoms with E-state index in [1.165, 1.54) is 13.2 Å². The van der Waals surface area contributed by atoms with E-state index in [-0.39, 0.29) is 23.2 Å². The van der Waals surface area contributed by atoms with Gasteiger partial charge in [0.1, 0.15) is 17.3 Å². The van der Waals surface area contributed by atoms with E-state index in [4.69, 9.17) is 4.98 Å². The number of aromatic nitrogens is 4. The number of hydrogen-bond donors (Lipinski definition) is 3. The van der Waals surface area contributed by atoms with Crippen molar-refractivity contribution < 1.29 is 22.3 Å². The van der Waals surface area contributed by atoms with E-state index in [0.717, 1.165) is 24.9 Å². The molecule has 12 heteroatoms. The van der Waals surface area contributed by atoms with Crippen LogP contribution < -0.4 is 10.0 Å². The number of carbonyl (C=O) groups excluding carboxylic acids is 1. The van der Waals surface area contributed by atoms with Crippen molar-refractivity contribution in [2.75, 3.05) is 18.1 Å². The molecule has 0 saturated heterocycles. The van der Waals surface area contributed by atoms with Crippen LogP contribution in [0.25, 0.3) is 22.6 Å². The Labute approximate surface area is 209 Å². The molecule has 0 aliphatic heterocycles. The summed E-state index contributed by atoms with van der Waals surface area (Å²) in [4.78, 5) is 28.4. The first-order valence-corrected chi connectivity index (χ1v) is 13.5.